The summed E-state index contributed by atoms with van der Waals surface area (Å²) in [6.07, 6.45) is 1.23. The molecule has 1 aromatic carbocycles. The molecule has 0 spiro atoms. The van der Waals surface area contributed by atoms with E-state index in [1.165, 1.54) is 12.4 Å². The summed E-state index contributed by atoms with van der Waals surface area (Å²) in [7, 11) is 1.54. The lowest BCUT2D eigenvalue weighted by Gasteiger charge is -2.15. The molecule has 0 bridgehead atoms. The fraction of sp³-hybridized carbons (Fsp3) is 0.294. The molecule has 1 saturated heterocycles. The van der Waals surface area contributed by atoms with E-state index >= 15 is 0 Å². The number of carbonyl (C=O) groups excluding carboxylic acids is 2. The molecule has 8 nitrogen and oxygen atoms in total. The van der Waals surface area contributed by atoms with Crippen LogP contribution in [0.3, 0.4) is 0 Å². The molecule has 0 atom stereocenters. The molecule has 2 heterocycles. The Bertz CT molecular complexity index is 850. The maximum Gasteiger partial charge on any atom is 0.330 e. The van der Waals surface area contributed by atoms with E-state index in [0.29, 0.717) is 11.5 Å². The summed E-state index contributed by atoms with van der Waals surface area (Å²) in [5, 5.41) is 2.60. The molecule has 0 unspecified atom stereocenters. The highest BCUT2D eigenvalue weighted by molar-refractivity contribution is 6.22. The second kappa shape index (κ2) is 6.04. The number of nitrogens with zero attached hydrogens (tertiary/aromatic N) is 3. The first-order valence-electron chi connectivity index (χ1n) is 7.63. The first kappa shape index (κ1) is 16.7. The van der Waals surface area contributed by atoms with E-state index in [0.717, 1.165) is 10.5 Å². The number of ether oxygens (including phenoxy) is 2. The number of rotatable bonds is 4. The summed E-state index contributed by atoms with van der Waals surface area (Å²) >= 11 is 0. The number of aromatic nitrogens is 2. The molecule has 1 aromatic heterocycles. The first-order chi connectivity index (χ1) is 11.8. The Morgan fingerprint density at radius 1 is 1.12 bits per heavy atom. The van der Waals surface area contributed by atoms with Crippen LogP contribution in [0.25, 0.3) is 0 Å². The van der Waals surface area contributed by atoms with Crippen LogP contribution in [0.1, 0.15) is 19.4 Å². The van der Waals surface area contributed by atoms with Crippen LogP contribution in [0.15, 0.2) is 30.6 Å². The number of imide groups is 1. The summed E-state index contributed by atoms with van der Waals surface area (Å²) in [5.41, 5.74) is 0.0394. The van der Waals surface area contributed by atoms with Gasteiger partial charge in [0.05, 0.1) is 7.11 Å². The number of nitrogens with one attached hydrogen (secondary N) is 1. The van der Waals surface area contributed by atoms with Crippen LogP contribution in [0, 0.1) is 6.92 Å². The molecule has 1 N–H and O–H groups in total. The third-order valence-corrected chi connectivity index (χ3v) is 3.75. The van der Waals surface area contributed by atoms with Gasteiger partial charge in [0.25, 0.3) is 5.91 Å². The Morgan fingerprint density at radius 2 is 1.88 bits per heavy atom. The van der Waals surface area contributed by atoms with Gasteiger partial charge in [-0.25, -0.2) is 19.7 Å². The van der Waals surface area contributed by atoms with Crippen molar-refractivity contribution in [3.8, 4) is 17.4 Å². The van der Waals surface area contributed by atoms with Gasteiger partial charge in [-0.15, -0.1) is 0 Å². The average Bonchev–Trinajstić information content (AvgIpc) is 2.77. The van der Waals surface area contributed by atoms with E-state index in [1.807, 2.05) is 19.1 Å². The number of hydrogen-bond donors (Lipinski definition) is 1. The minimum absolute atomic E-state index is 0.143. The van der Waals surface area contributed by atoms with Crippen LogP contribution in [-0.4, -0.2) is 34.6 Å². The van der Waals surface area contributed by atoms with Gasteiger partial charge in [0.15, 0.2) is 17.3 Å². The van der Waals surface area contributed by atoms with Gasteiger partial charge in [-0.1, -0.05) is 6.07 Å². The predicted octanol–water partition coefficient (Wildman–Crippen LogP) is 2.42. The lowest BCUT2D eigenvalue weighted by Crippen LogP contribution is -2.40. The zero-order valence-electron chi connectivity index (χ0n) is 14.4. The van der Waals surface area contributed by atoms with E-state index in [9.17, 15) is 9.59 Å². The largest absolute Gasteiger partial charge is 0.493 e. The number of hydrogen-bond acceptors (Lipinski definition) is 6. The number of benzene rings is 1. The lowest BCUT2D eigenvalue weighted by molar-refractivity contribution is -0.121. The van der Waals surface area contributed by atoms with Gasteiger partial charge in [-0.05, 0) is 38.5 Å². The topological polar surface area (TPSA) is 93.7 Å². The van der Waals surface area contributed by atoms with Crippen molar-refractivity contribution in [3.05, 3.63) is 36.2 Å². The first-order valence-corrected chi connectivity index (χ1v) is 7.63. The highest BCUT2D eigenvalue weighted by Crippen LogP contribution is 2.32. The second-order valence-electron chi connectivity index (χ2n) is 6.17. The van der Waals surface area contributed by atoms with E-state index in [-0.39, 0.29) is 11.7 Å². The van der Waals surface area contributed by atoms with E-state index < -0.39 is 17.5 Å². The standard InChI is InChI=1S/C17H18N4O4/c1-10-5-6-11(12(7-10)24-4)25-14-8-13(18-9-19-14)21-15(22)17(2,3)20-16(21)23/h5-9H,1-4H3,(H,20,23). The summed E-state index contributed by atoms with van der Waals surface area (Å²) in [4.78, 5) is 33.5. The van der Waals surface area contributed by atoms with Crippen LogP contribution in [-0.2, 0) is 4.79 Å². The van der Waals surface area contributed by atoms with Crippen LogP contribution < -0.4 is 19.7 Å². The molecule has 1 aliphatic rings. The van der Waals surface area contributed by atoms with E-state index in [2.05, 4.69) is 15.3 Å². The van der Waals surface area contributed by atoms with Crippen molar-refractivity contribution in [2.75, 3.05) is 12.0 Å². The molecule has 1 aliphatic heterocycles. The molecule has 3 rings (SSSR count). The highest BCUT2D eigenvalue weighted by atomic mass is 16.5. The van der Waals surface area contributed by atoms with Gasteiger partial charge in [-0.3, -0.25) is 4.79 Å². The number of anilines is 1. The normalized spacial score (nSPS) is 15.9. The predicted molar refractivity (Wildman–Crippen MR) is 89.9 cm³/mol. The Balaban J connectivity index is 1.91. The monoisotopic (exact) mass is 342 g/mol. The van der Waals surface area contributed by atoms with Crippen molar-refractivity contribution in [1.29, 1.82) is 0 Å². The maximum absolute atomic E-state index is 12.4. The summed E-state index contributed by atoms with van der Waals surface area (Å²) in [6.45, 7) is 5.19. The zero-order chi connectivity index (χ0) is 18.2. The third-order valence-electron chi connectivity index (χ3n) is 3.75. The fourth-order valence-electron chi connectivity index (χ4n) is 2.44. The molecule has 8 heteroatoms. The molecule has 3 amide bonds. The third kappa shape index (κ3) is 3.10. The van der Waals surface area contributed by atoms with E-state index in [1.54, 1.807) is 27.0 Å². The van der Waals surface area contributed by atoms with Gasteiger partial charge >= 0.3 is 6.03 Å². The summed E-state index contributed by atoms with van der Waals surface area (Å²) in [6, 6.07) is 6.36. The summed E-state index contributed by atoms with van der Waals surface area (Å²) in [5.74, 6) is 0.961. The Kier molecular flexibility index (Phi) is 4.03. The van der Waals surface area contributed by atoms with Crippen LogP contribution in [0.2, 0.25) is 0 Å². The maximum atomic E-state index is 12.4. The molecule has 25 heavy (non-hydrogen) atoms. The zero-order valence-corrected chi connectivity index (χ0v) is 14.4. The van der Waals surface area contributed by atoms with Crippen molar-refractivity contribution in [2.24, 2.45) is 0 Å². The number of aryl methyl sites for hydroxylation is 1. The van der Waals surface area contributed by atoms with Crippen molar-refractivity contribution in [1.82, 2.24) is 15.3 Å². The molecular formula is C17H18N4O4. The second-order valence-corrected chi connectivity index (χ2v) is 6.17. The summed E-state index contributed by atoms with van der Waals surface area (Å²) < 4.78 is 11.0. The smallest absolute Gasteiger partial charge is 0.330 e. The molecule has 0 saturated carbocycles. The Hall–Kier alpha value is -3.16. The number of amides is 3. The minimum atomic E-state index is -0.983. The number of carbonyl (C=O) groups is 2. The number of urea groups is 1. The van der Waals surface area contributed by atoms with Gasteiger partial charge in [0.2, 0.25) is 5.88 Å². The van der Waals surface area contributed by atoms with Crippen molar-refractivity contribution in [3.63, 3.8) is 0 Å². The van der Waals surface area contributed by atoms with Gasteiger partial charge in [0, 0.05) is 6.07 Å². The minimum Gasteiger partial charge on any atom is -0.493 e. The van der Waals surface area contributed by atoms with Crippen molar-refractivity contribution < 1.29 is 19.1 Å². The molecule has 1 fully saturated rings. The van der Waals surface area contributed by atoms with Crippen LogP contribution >= 0.6 is 0 Å². The van der Waals surface area contributed by atoms with E-state index in [4.69, 9.17) is 9.47 Å². The average molecular weight is 342 g/mol. The van der Waals surface area contributed by atoms with Crippen LogP contribution in [0.5, 0.6) is 17.4 Å². The van der Waals surface area contributed by atoms with Gasteiger partial charge < -0.3 is 14.8 Å². The Labute approximate surface area is 144 Å². The Morgan fingerprint density at radius 3 is 2.52 bits per heavy atom. The molecule has 0 aliphatic carbocycles. The molecule has 0 radical (unpaired) electrons. The van der Waals surface area contributed by atoms with Gasteiger partial charge in [0.1, 0.15) is 11.9 Å². The van der Waals surface area contributed by atoms with Crippen LogP contribution in [0.4, 0.5) is 10.6 Å². The lowest BCUT2D eigenvalue weighted by atomic mass is 10.1. The quantitative estimate of drug-likeness (QED) is 0.858. The number of methoxy groups -OCH3 is 1. The SMILES string of the molecule is COc1cc(C)ccc1Oc1cc(N2C(=O)NC(C)(C)C2=O)ncn1. The highest BCUT2D eigenvalue weighted by Gasteiger charge is 2.45. The molecule has 2 aromatic rings. The fourth-order valence-corrected chi connectivity index (χ4v) is 2.44. The van der Waals surface area contributed by atoms with Crippen molar-refractivity contribution in [2.45, 2.75) is 26.3 Å². The van der Waals surface area contributed by atoms with Crippen molar-refractivity contribution >= 4 is 17.8 Å². The molecule has 130 valence electrons. The van der Waals surface area contributed by atoms with Gasteiger partial charge in [-0.2, -0.15) is 0 Å². The molecular weight excluding hydrogens is 324 g/mol.